The minimum atomic E-state index is -1.38. The Bertz CT molecular complexity index is 356. The molecule has 76 valence electrons. The molecule has 0 saturated carbocycles. The van der Waals surface area contributed by atoms with Crippen LogP contribution in [0.2, 0.25) is 18.1 Å². The lowest BCUT2D eigenvalue weighted by molar-refractivity contribution is -0.385. The van der Waals surface area contributed by atoms with Crippen LogP contribution in [0.1, 0.15) is 0 Å². The summed E-state index contributed by atoms with van der Waals surface area (Å²) in [6, 6.07) is 4.51. The molecule has 1 rings (SSSR count). The van der Waals surface area contributed by atoms with Crippen molar-refractivity contribution in [1.82, 2.24) is 0 Å². The molecule has 0 amide bonds. The fourth-order valence-corrected chi connectivity index (χ4v) is 2.00. The predicted octanol–water partition coefficient (Wildman–Crippen LogP) is 2.61. The molecule has 1 aromatic rings. The molecule has 0 unspecified atom stereocenters. The number of hydrogen-bond acceptors (Lipinski definition) is 3. The Morgan fingerprint density at radius 1 is 1.50 bits per heavy atom. The summed E-state index contributed by atoms with van der Waals surface area (Å²) in [6.07, 6.45) is 0. The molecule has 0 spiro atoms. The van der Waals surface area contributed by atoms with E-state index in [1.165, 1.54) is 12.1 Å². The third kappa shape index (κ3) is 2.46. The van der Waals surface area contributed by atoms with Gasteiger partial charge in [-0.1, -0.05) is 17.7 Å². The van der Waals surface area contributed by atoms with Gasteiger partial charge in [0.1, 0.15) is 0 Å². The molecular weight excluding hydrogens is 222 g/mol. The van der Waals surface area contributed by atoms with E-state index >= 15 is 0 Å². The molecule has 0 aliphatic rings. The minimum absolute atomic E-state index is 0.0706. The molecular formula is C8H10ClNO3Si. The first kappa shape index (κ1) is 11.0. The summed E-state index contributed by atoms with van der Waals surface area (Å²) in [5.74, 6) is 0.195. The Hall–Kier alpha value is -1.07. The second-order valence-corrected chi connectivity index (χ2v) is 5.75. The maximum atomic E-state index is 10.6. The van der Waals surface area contributed by atoms with Crippen LogP contribution in [-0.4, -0.2) is 14.0 Å². The van der Waals surface area contributed by atoms with E-state index in [9.17, 15) is 10.1 Å². The summed E-state index contributed by atoms with van der Waals surface area (Å²) in [5.41, 5.74) is -0.0706. The van der Waals surface area contributed by atoms with Gasteiger partial charge in [0.15, 0.2) is 0 Å². The second-order valence-electron chi connectivity index (χ2n) is 3.01. The highest BCUT2D eigenvalue weighted by Gasteiger charge is 2.18. The fraction of sp³-hybridized carbons (Fsp3) is 0.250. The lowest BCUT2D eigenvalue weighted by atomic mass is 10.3. The molecule has 0 radical (unpaired) electrons. The van der Waals surface area contributed by atoms with Crippen molar-refractivity contribution < 1.29 is 9.35 Å². The van der Waals surface area contributed by atoms with Crippen LogP contribution < -0.4 is 4.43 Å². The van der Waals surface area contributed by atoms with Crippen molar-refractivity contribution in [2.45, 2.75) is 13.1 Å². The van der Waals surface area contributed by atoms with Crippen molar-refractivity contribution in [1.29, 1.82) is 0 Å². The number of nitrogens with zero attached hydrogens (tertiary/aromatic N) is 1. The summed E-state index contributed by atoms with van der Waals surface area (Å²) in [4.78, 5) is 10.1. The number of nitro groups is 1. The van der Waals surface area contributed by atoms with Gasteiger partial charge in [-0.05, 0) is 19.2 Å². The Labute approximate surface area is 88.3 Å². The molecule has 0 heterocycles. The van der Waals surface area contributed by atoms with Crippen molar-refractivity contribution in [2.75, 3.05) is 0 Å². The Kier molecular flexibility index (Phi) is 3.48. The molecule has 1 aromatic carbocycles. The summed E-state index contributed by atoms with van der Waals surface area (Å²) < 4.78 is 5.40. The maximum Gasteiger partial charge on any atom is 0.311 e. The molecule has 6 heteroatoms. The molecule has 0 atom stereocenters. The molecule has 0 aliphatic heterocycles. The molecule has 0 fully saturated rings. The first-order chi connectivity index (χ1) is 6.52. The lowest BCUT2D eigenvalue weighted by Crippen LogP contribution is -2.12. The van der Waals surface area contributed by atoms with E-state index in [4.69, 9.17) is 16.0 Å². The molecule has 0 bridgehead atoms. The van der Waals surface area contributed by atoms with Crippen LogP contribution in [0.4, 0.5) is 5.69 Å². The number of nitro benzene ring substituents is 1. The zero-order valence-corrected chi connectivity index (χ0v) is 9.77. The van der Waals surface area contributed by atoms with Crippen molar-refractivity contribution in [3.05, 3.63) is 33.3 Å². The molecule has 14 heavy (non-hydrogen) atoms. The van der Waals surface area contributed by atoms with E-state index in [1.807, 2.05) is 13.1 Å². The van der Waals surface area contributed by atoms with Gasteiger partial charge < -0.3 is 4.43 Å². The lowest BCUT2D eigenvalue weighted by Gasteiger charge is -2.10. The number of benzene rings is 1. The highest BCUT2D eigenvalue weighted by Crippen LogP contribution is 2.34. The van der Waals surface area contributed by atoms with Crippen molar-refractivity contribution >= 4 is 26.3 Å². The van der Waals surface area contributed by atoms with Gasteiger partial charge in [0.2, 0.25) is 14.8 Å². The third-order valence-corrected chi connectivity index (χ3v) is 2.50. The molecule has 0 aliphatic carbocycles. The van der Waals surface area contributed by atoms with E-state index in [0.717, 1.165) is 0 Å². The number of rotatable bonds is 3. The van der Waals surface area contributed by atoms with Crippen LogP contribution in [0.25, 0.3) is 0 Å². The van der Waals surface area contributed by atoms with Gasteiger partial charge >= 0.3 is 5.69 Å². The monoisotopic (exact) mass is 231 g/mol. The van der Waals surface area contributed by atoms with E-state index in [1.54, 1.807) is 6.07 Å². The SMILES string of the molecule is C[SiH](C)Oc1c(Cl)cccc1[N+](=O)[O-]. The number of hydrogen-bond donors (Lipinski definition) is 0. The summed E-state index contributed by atoms with van der Waals surface area (Å²) in [5, 5.41) is 10.9. The zero-order chi connectivity index (χ0) is 10.7. The normalized spacial score (nSPS) is 10.3. The summed E-state index contributed by atoms with van der Waals surface area (Å²) in [6.45, 7) is 3.85. The Morgan fingerprint density at radius 3 is 2.64 bits per heavy atom. The number of halogens is 1. The smallest absolute Gasteiger partial charge is 0.311 e. The van der Waals surface area contributed by atoms with Crippen molar-refractivity contribution in [3.8, 4) is 5.75 Å². The highest BCUT2D eigenvalue weighted by molar-refractivity contribution is 6.49. The predicted molar refractivity (Wildman–Crippen MR) is 57.6 cm³/mol. The average Bonchev–Trinajstić information content (AvgIpc) is 2.07. The Balaban J connectivity index is 3.15. The van der Waals surface area contributed by atoms with Crippen LogP contribution in [0, 0.1) is 10.1 Å². The van der Waals surface area contributed by atoms with Crippen molar-refractivity contribution in [2.24, 2.45) is 0 Å². The maximum absolute atomic E-state index is 10.6. The average molecular weight is 232 g/mol. The van der Waals surface area contributed by atoms with Crippen LogP contribution in [-0.2, 0) is 0 Å². The largest absolute Gasteiger partial charge is 0.541 e. The van der Waals surface area contributed by atoms with Gasteiger partial charge in [-0.25, -0.2) is 0 Å². The minimum Gasteiger partial charge on any atom is -0.541 e. The van der Waals surface area contributed by atoms with Crippen LogP contribution in [0.3, 0.4) is 0 Å². The van der Waals surface area contributed by atoms with E-state index in [2.05, 4.69) is 0 Å². The quantitative estimate of drug-likeness (QED) is 0.457. The van der Waals surface area contributed by atoms with E-state index < -0.39 is 14.0 Å². The van der Waals surface area contributed by atoms with Gasteiger partial charge in [0.05, 0.1) is 9.95 Å². The Morgan fingerprint density at radius 2 is 2.14 bits per heavy atom. The van der Waals surface area contributed by atoms with Gasteiger partial charge in [-0.2, -0.15) is 0 Å². The molecule has 0 N–H and O–H groups in total. The topological polar surface area (TPSA) is 52.4 Å². The first-order valence-electron chi connectivity index (χ1n) is 4.12. The molecule has 0 saturated heterocycles. The van der Waals surface area contributed by atoms with Gasteiger partial charge in [-0.3, -0.25) is 10.1 Å². The van der Waals surface area contributed by atoms with Gasteiger partial charge in [-0.15, -0.1) is 0 Å². The van der Waals surface area contributed by atoms with Crippen LogP contribution in [0.5, 0.6) is 5.75 Å². The van der Waals surface area contributed by atoms with Gasteiger partial charge in [0.25, 0.3) is 0 Å². The zero-order valence-electron chi connectivity index (χ0n) is 7.86. The van der Waals surface area contributed by atoms with Crippen LogP contribution in [0.15, 0.2) is 18.2 Å². The summed E-state index contributed by atoms with van der Waals surface area (Å²) >= 11 is 5.81. The highest BCUT2D eigenvalue weighted by atomic mass is 35.5. The molecule has 4 nitrogen and oxygen atoms in total. The summed E-state index contributed by atoms with van der Waals surface area (Å²) in [7, 11) is -1.38. The third-order valence-electron chi connectivity index (χ3n) is 1.50. The van der Waals surface area contributed by atoms with E-state index in [0.29, 0.717) is 5.02 Å². The van der Waals surface area contributed by atoms with E-state index in [-0.39, 0.29) is 11.4 Å². The second kappa shape index (κ2) is 4.43. The number of para-hydroxylation sites is 1. The first-order valence-corrected chi connectivity index (χ1v) is 7.28. The molecule has 0 aromatic heterocycles. The standard InChI is InChI=1S/C8H10ClNO3Si/c1-14(2)13-8-6(9)4-3-5-7(8)10(11)12/h3-5,14H,1-2H3. The van der Waals surface area contributed by atoms with Crippen molar-refractivity contribution in [3.63, 3.8) is 0 Å². The van der Waals surface area contributed by atoms with Crippen LogP contribution >= 0.6 is 11.6 Å². The fourth-order valence-electron chi connectivity index (χ4n) is 0.994. The van der Waals surface area contributed by atoms with Gasteiger partial charge in [0, 0.05) is 6.07 Å².